The summed E-state index contributed by atoms with van der Waals surface area (Å²) in [6.07, 6.45) is -0.535. The minimum Gasteiger partial charge on any atom is -0.494 e. The molecular formula is C12H15NO4. The molecule has 17 heavy (non-hydrogen) atoms. The third-order valence-electron chi connectivity index (χ3n) is 2.09. The molecule has 0 atom stereocenters. The first-order valence-corrected chi connectivity index (χ1v) is 5.28. The molecule has 0 radical (unpaired) electrons. The zero-order valence-electron chi connectivity index (χ0n) is 9.82. The molecule has 0 aromatic heterocycles. The summed E-state index contributed by atoms with van der Waals surface area (Å²) >= 11 is 0. The van der Waals surface area contributed by atoms with Gasteiger partial charge in [0.25, 0.3) is 0 Å². The van der Waals surface area contributed by atoms with Crippen LogP contribution in [0.5, 0.6) is 5.75 Å². The highest BCUT2D eigenvalue weighted by Gasteiger charge is 2.09. The molecule has 1 aromatic carbocycles. The number of hydrogen-bond acceptors (Lipinski definition) is 3. The summed E-state index contributed by atoms with van der Waals surface area (Å²) in [5, 5.41) is 11.0. The van der Waals surface area contributed by atoms with Gasteiger partial charge in [-0.05, 0) is 37.6 Å². The summed E-state index contributed by atoms with van der Waals surface area (Å²) in [7, 11) is 0. The Hall–Kier alpha value is -2.04. The molecule has 5 nitrogen and oxygen atoms in total. The SMILES string of the molecule is CCOc1ccc(NC(=O)CC(=O)O)c(C)c1. The molecule has 0 spiro atoms. The summed E-state index contributed by atoms with van der Waals surface area (Å²) in [5.74, 6) is -0.961. The fourth-order valence-corrected chi connectivity index (χ4v) is 1.36. The molecule has 0 saturated heterocycles. The van der Waals surface area contributed by atoms with Crippen molar-refractivity contribution in [2.24, 2.45) is 0 Å². The second-order valence-electron chi connectivity index (χ2n) is 3.53. The molecule has 1 rings (SSSR count). The van der Waals surface area contributed by atoms with Gasteiger partial charge in [0.1, 0.15) is 12.2 Å². The van der Waals surface area contributed by atoms with Crippen LogP contribution in [0.2, 0.25) is 0 Å². The Morgan fingerprint density at radius 1 is 1.41 bits per heavy atom. The Kier molecular flexibility index (Phi) is 4.51. The van der Waals surface area contributed by atoms with E-state index in [0.717, 1.165) is 11.3 Å². The van der Waals surface area contributed by atoms with E-state index in [1.54, 1.807) is 18.2 Å². The van der Waals surface area contributed by atoms with Crippen LogP contribution in [-0.2, 0) is 9.59 Å². The number of hydrogen-bond donors (Lipinski definition) is 2. The fraction of sp³-hybridized carbons (Fsp3) is 0.333. The molecule has 0 bridgehead atoms. The number of carboxylic acid groups (broad SMARTS) is 1. The van der Waals surface area contributed by atoms with Crippen LogP contribution < -0.4 is 10.1 Å². The highest BCUT2D eigenvalue weighted by Crippen LogP contribution is 2.21. The van der Waals surface area contributed by atoms with Crippen LogP contribution in [0.25, 0.3) is 0 Å². The van der Waals surface area contributed by atoms with Crippen LogP contribution in [0.1, 0.15) is 18.9 Å². The van der Waals surface area contributed by atoms with Gasteiger partial charge in [-0.2, -0.15) is 0 Å². The average molecular weight is 237 g/mol. The van der Waals surface area contributed by atoms with Gasteiger partial charge in [-0.25, -0.2) is 0 Å². The van der Waals surface area contributed by atoms with Crippen LogP contribution >= 0.6 is 0 Å². The van der Waals surface area contributed by atoms with Gasteiger partial charge in [0, 0.05) is 5.69 Å². The van der Waals surface area contributed by atoms with Crippen molar-refractivity contribution in [3.05, 3.63) is 23.8 Å². The van der Waals surface area contributed by atoms with Crippen LogP contribution in [0, 0.1) is 6.92 Å². The van der Waals surface area contributed by atoms with Crippen molar-refractivity contribution in [2.75, 3.05) is 11.9 Å². The van der Waals surface area contributed by atoms with E-state index in [1.165, 1.54) is 0 Å². The number of amides is 1. The lowest BCUT2D eigenvalue weighted by Crippen LogP contribution is -2.16. The third-order valence-corrected chi connectivity index (χ3v) is 2.09. The number of anilines is 1. The zero-order valence-corrected chi connectivity index (χ0v) is 9.82. The van der Waals surface area contributed by atoms with Crippen molar-refractivity contribution in [1.29, 1.82) is 0 Å². The first-order valence-electron chi connectivity index (χ1n) is 5.28. The Labute approximate surface area is 99.4 Å². The van der Waals surface area contributed by atoms with E-state index >= 15 is 0 Å². The first-order chi connectivity index (χ1) is 8.02. The van der Waals surface area contributed by atoms with Gasteiger partial charge in [0.2, 0.25) is 5.91 Å². The quantitative estimate of drug-likeness (QED) is 0.766. The standard InChI is InChI=1S/C12H15NO4/c1-3-17-9-4-5-10(8(2)6-9)13-11(14)7-12(15)16/h4-6H,3,7H2,1-2H3,(H,13,14)(H,15,16). The Bertz CT molecular complexity index is 429. The number of aliphatic carboxylic acids is 1. The minimum atomic E-state index is -1.15. The van der Waals surface area contributed by atoms with Gasteiger partial charge in [0.15, 0.2) is 0 Å². The lowest BCUT2D eigenvalue weighted by molar-refractivity contribution is -0.139. The van der Waals surface area contributed by atoms with Gasteiger partial charge in [-0.3, -0.25) is 9.59 Å². The number of carboxylic acids is 1. The number of ether oxygens (including phenoxy) is 1. The summed E-state index contributed by atoms with van der Waals surface area (Å²) in [6, 6.07) is 5.22. The van der Waals surface area contributed by atoms with Crippen molar-refractivity contribution in [1.82, 2.24) is 0 Å². The molecule has 92 valence electrons. The second kappa shape index (κ2) is 5.89. The topological polar surface area (TPSA) is 75.6 Å². The van der Waals surface area contributed by atoms with E-state index in [2.05, 4.69) is 5.32 Å². The molecular weight excluding hydrogens is 222 g/mol. The number of carbonyl (C=O) groups is 2. The van der Waals surface area contributed by atoms with Crippen molar-refractivity contribution in [3.8, 4) is 5.75 Å². The zero-order chi connectivity index (χ0) is 12.8. The number of aryl methyl sites for hydroxylation is 1. The largest absolute Gasteiger partial charge is 0.494 e. The van der Waals surface area contributed by atoms with Crippen molar-refractivity contribution in [3.63, 3.8) is 0 Å². The predicted octanol–water partition coefficient (Wildman–Crippen LogP) is 1.81. The maximum atomic E-state index is 11.3. The molecule has 5 heteroatoms. The maximum Gasteiger partial charge on any atom is 0.312 e. The molecule has 0 heterocycles. The van der Waals surface area contributed by atoms with E-state index in [-0.39, 0.29) is 0 Å². The highest BCUT2D eigenvalue weighted by atomic mass is 16.5. The van der Waals surface area contributed by atoms with Gasteiger partial charge in [-0.15, -0.1) is 0 Å². The lowest BCUT2D eigenvalue weighted by atomic mass is 10.2. The minimum absolute atomic E-state index is 0.535. The smallest absolute Gasteiger partial charge is 0.312 e. The van der Waals surface area contributed by atoms with E-state index in [4.69, 9.17) is 9.84 Å². The van der Waals surface area contributed by atoms with Crippen molar-refractivity contribution in [2.45, 2.75) is 20.3 Å². The number of carbonyl (C=O) groups excluding carboxylic acids is 1. The molecule has 0 unspecified atom stereocenters. The Balaban J connectivity index is 2.72. The molecule has 0 saturated carbocycles. The van der Waals surface area contributed by atoms with Crippen LogP contribution in [0.4, 0.5) is 5.69 Å². The summed E-state index contributed by atoms with van der Waals surface area (Å²) < 4.78 is 5.30. The first kappa shape index (κ1) is 13.0. The number of benzene rings is 1. The number of rotatable bonds is 5. The third kappa shape index (κ3) is 4.14. The van der Waals surface area contributed by atoms with Gasteiger partial charge in [-0.1, -0.05) is 0 Å². The Morgan fingerprint density at radius 3 is 2.65 bits per heavy atom. The normalized spacial score (nSPS) is 9.76. The average Bonchev–Trinajstić information content (AvgIpc) is 2.21. The second-order valence-corrected chi connectivity index (χ2v) is 3.53. The summed E-state index contributed by atoms with van der Waals surface area (Å²) in [5.41, 5.74) is 1.43. The number of nitrogens with one attached hydrogen (secondary N) is 1. The van der Waals surface area contributed by atoms with E-state index in [1.807, 2.05) is 13.8 Å². The van der Waals surface area contributed by atoms with Gasteiger partial charge in [0.05, 0.1) is 6.61 Å². The molecule has 0 aliphatic heterocycles. The van der Waals surface area contributed by atoms with Gasteiger partial charge < -0.3 is 15.2 Å². The van der Waals surface area contributed by atoms with Gasteiger partial charge >= 0.3 is 5.97 Å². The monoisotopic (exact) mass is 237 g/mol. The van der Waals surface area contributed by atoms with Crippen molar-refractivity contribution < 1.29 is 19.4 Å². The van der Waals surface area contributed by atoms with Crippen LogP contribution in [0.15, 0.2) is 18.2 Å². The summed E-state index contributed by atoms with van der Waals surface area (Å²) in [6.45, 7) is 4.28. The molecule has 0 fully saturated rings. The van der Waals surface area contributed by atoms with Crippen LogP contribution in [0.3, 0.4) is 0 Å². The lowest BCUT2D eigenvalue weighted by Gasteiger charge is -2.09. The predicted molar refractivity (Wildman–Crippen MR) is 63.2 cm³/mol. The molecule has 2 N–H and O–H groups in total. The Morgan fingerprint density at radius 2 is 2.12 bits per heavy atom. The molecule has 0 aliphatic rings. The fourth-order valence-electron chi connectivity index (χ4n) is 1.36. The molecule has 0 aliphatic carbocycles. The molecule has 1 amide bonds. The van der Waals surface area contributed by atoms with E-state index in [9.17, 15) is 9.59 Å². The maximum absolute atomic E-state index is 11.3. The van der Waals surface area contributed by atoms with Crippen molar-refractivity contribution >= 4 is 17.6 Å². The van der Waals surface area contributed by atoms with E-state index < -0.39 is 18.3 Å². The molecule has 1 aromatic rings. The summed E-state index contributed by atoms with van der Waals surface area (Å²) in [4.78, 5) is 21.6. The van der Waals surface area contributed by atoms with Crippen LogP contribution in [-0.4, -0.2) is 23.6 Å². The highest BCUT2D eigenvalue weighted by molar-refractivity contribution is 6.01. The van der Waals surface area contributed by atoms with E-state index in [0.29, 0.717) is 12.3 Å².